The first-order valence-corrected chi connectivity index (χ1v) is 4.15. The number of esters is 1. The molecule has 0 aliphatic heterocycles. The van der Waals surface area contributed by atoms with Gasteiger partial charge in [0.05, 0.1) is 18.2 Å². The van der Waals surface area contributed by atoms with E-state index in [0.29, 0.717) is 5.56 Å². The number of nitrogens with zero attached hydrogens (tertiary/aromatic N) is 1. The predicted octanol–water partition coefficient (Wildman–Crippen LogP) is 1.82. The van der Waals surface area contributed by atoms with Crippen molar-refractivity contribution in [3.05, 3.63) is 42.1 Å². The number of aromatic nitrogens is 1. The van der Waals surface area contributed by atoms with Gasteiger partial charge in [0.15, 0.2) is 0 Å². The summed E-state index contributed by atoms with van der Waals surface area (Å²) in [5.41, 5.74) is 1.28. The molecule has 1 aromatic carbocycles. The minimum atomic E-state index is -0.346. The zero-order valence-corrected chi connectivity index (χ0v) is 7.65. The first-order valence-electron chi connectivity index (χ1n) is 4.15. The topological polar surface area (TPSA) is 39.2 Å². The summed E-state index contributed by atoms with van der Waals surface area (Å²) in [5, 5.41) is 0.958. The van der Waals surface area contributed by atoms with Crippen LogP contribution in [0.1, 0.15) is 10.4 Å². The maximum atomic E-state index is 11.2. The fourth-order valence-electron chi connectivity index (χ4n) is 1.26. The smallest absolute Gasteiger partial charge is 0.337 e. The van der Waals surface area contributed by atoms with Gasteiger partial charge in [0.2, 0.25) is 0 Å². The molecule has 0 saturated carbocycles. The summed E-state index contributed by atoms with van der Waals surface area (Å²) in [7, 11) is 1.36. The second kappa shape index (κ2) is 3.46. The van der Waals surface area contributed by atoms with Crippen molar-refractivity contribution < 1.29 is 9.53 Å². The Labute approximate surface area is 81.3 Å². The van der Waals surface area contributed by atoms with Crippen LogP contribution in [0.5, 0.6) is 0 Å². The molecule has 0 N–H and O–H groups in total. The van der Waals surface area contributed by atoms with Gasteiger partial charge in [0.25, 0.3) is 0 Å². The van der Waals surface area contributed by atoms with Crippen molar-refractivity contribution in [2.75, 3.05) is 7.11 Å². The van der Waals surface area contributed by atoms with Gasteiger partial charge in [-0.15, -0.1) is 0 Å². The number of carbonyl (C=O) groups excluding carboxylic acids is 1. The van der Waals surface area contributed by atoms with Crippen LogP contribution in [0.15, 0.2) is 30.5 Å². The highest BCUT2D eigenvalue weighted by atomic mass is 16.5. The first kappa shape index (κ1) is 8.69. The van der Waals surface area contributed by atoms with Crippen LogP contribution in [0.4, 0.5) is 0 Å². The van der Waals surface area contributed by atoms with Crippen molar-refractivity contribution in [3.8, 4) is 0 Å². The van der Waals surface area contributed by atoms with E-state index in [-0.39, 0.29) is 5.97 Å². The molecule has 0 bridgehead atoms. The predicted molar refractivity (Wildman–Crippen MR) is 51.9 cm³/mol. The molecule has 2 aromatic rings. The molecule has 0 unspecified atom stereocenters. The van der Waals surface area contributed by atoms with Crippen molar-refractivity contribution in [2.24, 2.45) is 0 Å². The van der Waals surface area contributed by atoms with Crippen LogP contribution in [0.2, 0.25) is 0 Å². The number of hydrogen-bond donors (Lipinski definition) is 0. The number of carbonyl (C=O) groups is 1. The SMILES string of the molecule is COC(=O)c1ccc2c[c]cnc2c1. The number of hydrogen-bond acceptors (Lipinski definition) is 3. The van der Waals surface area contributed by atoms with E-state index >= 15 is 0 Å². The third-order valence-electron chi connectivity index (χ3n) is 1.97. The van der Waals surface area contributed by atoms with E-state index in [1.165, 1.54) is 7.11 Å². The normalized spacial score (nSPS) is 10.1. The third kappa shape index (κ3) is 1.44. The molecular formula is C11H8NO2. The molecule has 0 saturated heterocycles. The average Bonchev–Trinajstić information content (AvgIpc) is 2.27. The van der Waals surface area contributed by atoms with Crippen molar-refractivity contribution in [2.45, 2.75) is 0 Å². The molecule has 14 heavy (non-hydrogen) atoms. The average molecular weight is 186 g/mol. The fraction of sp³-hybridized carbons (Fsp3) is 0.0909. The number of methoxy groups -OCH3 is 1. The van der Waals surface area contributed by atoms with Crippen LogP contribution in [0.3, 0.4) is 0 Å². The van der Waals surface area contributed by atoms with Gasteiger partial charge in [-0.2, -0.15) is 0 Å². The zero-order chi connectivity index (χ0) is 9.97. The molecule has 0 fully saturated rings. The van der Waals surface area contributed by atoms with E-state index in [1.54, 1.807) is 18.3 Å². The van der Waals surface area contributed by atoms with E-state index in [4.69, 9.17) is 0 Å². The van der Waals surface area contributed by atoms with Crippen molar-refractivity contribution in [1.82, 2.24) is 4.98 Å². The van der Waals surface area contributed by atoms with Gasteiger partial charge < -0.3 is 4.74 Å². The summed E-state index contributed by atoms with van der Waals surface area (Å²) in [5.74, 6) is -0.346. The maximum Gasteiger partial charge on any atom is 0.337 e. The van der Waals surface area contributed by atoms with Crippen LogP contribution in [-0.4, -0.2) is 18.1 Å². The van der Waals surface area contributed by atoms with Crippen LogP contribution >= 0.6 is 0 Å². The summed E-state index contributed by atoms with van der Waals surface area (Å²) in [6, 6.07) is 9.93. The van der Waals surface area contributed by atoms with Crippen LogP contribution in [-0.2, 0) is 4.74 Å². The Balaban J connectivity index is 2.56. The molecule has 0 spiro atoms. The van der Waals surface area contributed by atoms with Gasteiger partial charge in [-0.25, -0.2) is 4.79 Å². The molecule has 3 heteroatoms. The number of rotatable bonds is 1. The van der Waals surface area contributed by atoms with Gasteiger partial charge in [-0.05, 0) is 18.2 Å². The number of benzene rings is 1. The molecule has 0 aliphatic rings. The summed E-state index contributed by atoms with van der Waals surface area (Å²) < 4.78 is 4.61. The molecule has 1 aromatic heterocycles. The van der Waals surface area contributed by atoms with E-state index in [1.807, 2.05) is 12.1 Å². The first-order chi connectivity index (χ1) is 6.81. The molecular weight excluding hydrogens is 178 g/mol. The van der Waals surface area contributed by atoms with Gasteiger partial charge in [0.1, 0.15) is 0 Å². The van der Waals surface area contributed by atoms with E-state index < -0.39 is 0 Å². The largest absolute Gasteiger partial charge is 0.465 e. The molecule has 0 aliphatic carbocycles. The highest BCUT2D eigenvalue weighted by molar-refractivity contribution is 5.94. The second-order valence-electron chi connectivity index (χ2n) is 2.83. The monoisotopic (exact) mass is 186 g/mol. The lowest BCUT2D eigenvalue weighted by Gasteiger charge is -2.00. The Hall–Kier alpha value is -1.90. The van der Waals surface area contributed by atoms with E-state index in [9.17, 15) is 4.79 Å². The lowest BCUT2D eigenvalue weighted by Crippen LogP contribution is -2.00. The highest BCUT2D eigenvalue weighted by Gasteiger charge is 2.05. The Morgan fingerprint density at radius 2 is 2.36 bits per heavy atom. The summed E-state index contributed by atoms with van der Waals surface area (Å²) >= 11 is 0. The van der Waals surface area contributed by atoms with Crippen molar-refractivity contribution >= 4 is 16.9 Å². The van der Waals surface area contributed by atoms with Crippen LogP contribution in [0.25, 0.3) is 10.9 Å². The lowest BCUT2D eigenvalue weighted by molar-refractivity contribution is 0.0601. The van der Waals surface area contributed by atoms with Crippen LogP contribution < -0.4 is 0 Å². The summed E-state index contributed by atoms with van der Waals surface area (Å²) in [4.78, 5) is 15.3. The molecule has 2 rings (SSSR count). The molecule has 0 atom stereocenters. The minimum absolute atomic E-state index is 0.346. The van der Waals surface area contributed by atoms with Gasteiger partial charge in [-0.1, -0.05) is 6.07 Å². The highest BCUT2D eigenvalue weighted by Crippen LogP contribution is 2.13. The lowest BCUT2D eigenvalue weighted by atomic mass is 10.1. The quantitative estimate of drug-likeness (QED) is 0.638. The van der Waals surface area contributed by atoms with Gasteiger partial charge in [-0.3, -0.25) is 4.98 Å². The van der Waals surface area contributed by atoms with E-state index in [0.717, 1.165) is 10.9 Å². The molecule has 1 heterocycles. The van der Waals surface area contributed by atoms with Crippen molar-refractivity contribution in [3.63, 3.8) is 0 Å². The van der Waals surface area contributed by atoms with Gasteiger partial charge >= 0.3 is 5.97 Å². The summed E-state index contributed by atoms with van der Waals surface area (Å²) in [6.07, 6.45) is 1.57. The Morgan fingerprint density at radius 3 is 3.14 bits per heavy atom. The molecule has 3 nitrogen and oxygen atoms in total. The second-order valence-corrected chi connectivity index (χ2v) is 2.83. The number of pyridine rings is 1. The zero-order valence-electron chi connectivity index (χ0n) is 7.65. The molecule has 1 radical (unpaired) electrons. The Bertz CT molecular complexity index is 479. The fourth-order valence-corrected chi connectivity index (χ4v) is 1.26. The number of ether oxygens (including phenoxy) is 1. The van der Waals surface area contributed by atoms with Gasteiger partial charge in [0, 0.05) is 17.6 Å². The maximum absolute atomic E-state index is 11.2. The van der Waals surface area contributed by atoms with Crippen LogP contribution in [0, 0.1) is 6.07 Å². The standard InChI is InChI=1S/C11H8NO2/c1-14-11(13)9-5-4-8-3-2-6-12-10(8)7-9/h3-7H,1H3. The van der Waals surface area contributed by atoms with Crippen molar-refractivity contribution in [1.29, 1.82) is 0 Å². The Kier molecular flexibility index (Phi) is 2.14. The molecule has 0 amide bonds. The summed E-state index contributed by atoms with van der Waals surface area (Å²) in [6.45, 7) is 0. The molecule has 69 valence electrons. The Morgan fingerprint density at radius 1 is 1.50 bits per heavy atom. The number of fused-ring (bicyclic) bond motifs is 1. The minimum Gasteiger partial charge on any atom is -0.465 e. The van der Waals surface area contributed by atoms with E-state index in [2.05, 4.69) is 15.8 Å². The third-order valence-corrected chi connectivity index (χ3v) is 1.97.